The van der Waals surface area contributed by atoms with Crippen molar-refractivity contribution in [3.8, 4) is 0 Å². The van der Waals surface area contributed by atoms with Gasteiger partial charge in [-0.15, -0.1) is 0 Å². The van der Waals surface area contributed by atoms with Crippen LogP contribution in [0.4, 0.5) is 0 Å². The Morgan fingerprint density at radius 1 is 1.53 bits per heavy atom. The Kier molecular flexibility index (Phi) is 4.04. The molecule has 1 aromatic rings. The number of allylic oxidation sites excluding steroid dienone is 2. The number of aryl methyl sites for hydroxylation is 1. The largest absolute Gasteiger partial charge is 0.478 e. The summed E-state index contributed by atoms with van der Waals surface area (Å²) in [6.07, 6.45) is 6.70. The van der Waals surface area contributed by atoms with Crippen molar-refractivity contribution in [2.45, 2.75) is 32.7 Å². The molecule has 0 radical (unpaired) electrons. The van der Waals surface area contributed by atoms with Crippen LogP contribution >= 0.6 is 0 Å². The summed E-state index contributed by atoms with van der Waals surface area (Å²) in [5.74, 6) is 0.0889. The van der Waals surface area contributed by atoms with Gasteiger partial charge in [0.15, 0.2) is 0 Å². The third-order valence-corrected chi connectivity index (χ3v) is 3.22. The zero-order valence-electron chi connectivity index (χ0n) is 10.8. The smallest absolute Gasteiger partial charge is 0.339 e. The van der Waals surface area contributed by atoms with Gasteiger partial charge in [0.25, 0.3) is 0 Å². The molecule has 1 aromatic heterocycles. The van der Waals surface area contributed by atoms with E-state index in [0.29, 0.717) is 23.9 Å². The third kappa shape index (κ3) is 3.47. The highest BCUT2D eigenvalue weighted by atomic mass is 16.4. The van der Waals surface area contributed by atoms with Gasteiger partial charge in [-0.1, -0.05) is 12.2 Å². The molecule has 1 atom stereocenters. The second-order valence-electron chi connectivity index (χ2n) is 4.73. The van der Waals surface area contributed by atoms with E-state index in [1.165, 1.54) is 6.07 Å². The Morgan fingerprint density at radius 3 is 2.89 bits per heavy atom. The lowest BCUT2D eigenvalue weighted by Crippen LogP contribution is -2.24. The van der Waals surface area contributed by atoms with Crippen molar-refractivity contribution < 1.29 is 19.1 Å². The molecule has 1 amide bonds. The number of carboxylic acids is 1. The monoisotopic (exact) mass is 263 g/mol. The summed E-state index contributed by atoms with van der Waals surface area (Å²) in [5, 5.41) is 11.6. The van der Waals surface area contributed by atoms with Crippen LogP contribution in [-0.4, -0.2) is 17.0 Å². The SMILES string of the molecule is Cc1oc(CNC(=O)CC2C=CCC2)cc1C(=O)O. The molecule has 5 nitrogen and oxygen atoms in total. The van der Waals surface area contributed by atoms with Crippen LogP contribution in [0.15, 0.2) is 22.6 Å². The van der Waals surface area contributed by atoms with Gasteiger partial charge < -0.3 is 14.8 Å². The molecule has 1 aliphatic carbocycles. The molecule has 1 aliphatic rings. The molecule has 19 heavy (non-hydrogen) atoms. The molecular weight excluding hydrogens is 246 g/mol. The van der Waals surface area contributed by atoms with E-state index in [1.54, 1.807) is 6.92 Å². The minimum atomic E-state index is -1.02. The number of carbonyl (C=O) groups excluding carboxylic acids is 1. The molecule has 1 unspecified atom stereocenters. The van der Waals surface area contributed by atoms with Crippen LogP contribution in [0.3, 0.4) is 0 Å². The van der Waals surface area contributed by atoms with Crippen molar-refractivity contribution in [2.24, 2.45) is 5.92 Å². The summed E-state index contributed by atoms with van der Waals surface area (Å²) in [4.78, 5) is 22.5. The molecular formula is C14H17NO4. The third-order valence-electron chi connectivity index (χ3n) is 3.22. The van der Waals surface area contributed by atoms with Crippen LogP contribution in [0.2, 0.25) is 0 Å². The average molecular weight is 263 g/mol. The summed E-state index contributed by atoms with van der Waals surface area (Å²) in [6.45, 7) is 1.82. The van der Waals surface area contributed by atoms with Crippen LogP contribution in [0.5, 0.6) is 0 Å². The first-order valence-electron chi connectivity index (χ1n) is 6.32. The van der Waals surface area contributed by atoms with Gasteiger partial charge >= 0.3 is 5.97 Å². The summed E-state index contributed by atoms with van der Waals surface area (Å²) in [5.41, 5.74) is 0.142. The van der Waals surface area contributed by atoms with Crippen LogP contribution in [0.25, 0.3) is 0 Å². The number of nitrogens with one attached hydrogen (secondary N) is 1. The second-order valence-corrected chi connectivity index (χ2v) is 4.73. The number of carboxylic acid groups (broad SMARTS) is 1. The van der Waals surface area contributed by atoms with Crippen LogP contribution < -0.4 is 5.32 Å². The molecule has 0 spiro atoms. The Hall–Kier alpha value is -2.04. The minimum absolute atomic E-state index is 0.0394. The molecule has 2 rings (SSSR count). The normalized spacial score (nSPS) is 17.6. The van der Waals surface area contributed by atoms with Crippen molar-refractivity contribution in [3.63, 3.8) is 0 Å². The van der Waals surface area contributed by atoms with E-state index in [-0.39, 0.29) is 18.0 Å². The van der Waals surface area contributed by atoms with Gasteiger partial charge in [0.05, 0.1) is 6.54 Å². The highest BCUT2D eigenvalue weighted by Gasteiger charge is 2.16. The Bertz CT molecular complexity index is 516. The fourth-order valence-electron chi connectivity index (χ4n) is 2.20. The van der Waals surface area contributed by atoms with Crippen LogP contribution in [0, 0.1) is 12.8 Å². The lowest BCUT2D eigenvalue weighted by atomic mass is 10.1. The van der Waals surface area contributed by atoms with Gasteiger partial charge in [0.1, 0.15) is 17.1 Å². The first-order valence-corrected chi connectivity index (χ1v) is 6.32. The Morgan fingerprint density at radius 2 is 2.32 bits per heavy atom. The number of hydrogen-bond acceptors (Lipinski definition) is 3. The molecule has 0 fully saturated rings. The van der Waals surface area contributed by atoms with E-state index in [9.17, 15) is 9.59 Å². The summed E-state index contributed by atoms with van der Waals surface area (Å²) < 4.78 is 5.29. The van der Waals surface area contributed by atoms with Crippen LogP contribution in [-0.2, 0) is 11.3 Å². The predicted octanol–water partition coefficient (Wildman–Crippen LogP) is 2.26. The maximum absolute atomic E-state index is 11.7. The maximum Gasteiger partial charge on any atom is 0.339 e. The van der Waals surface area contributed by atoms with E-state index in [4.69, 9.17) is 9.52 Å². The van der Waals surface area contributed by atoms with Crippen LogP contribution in [0.1, 0.15) is 41.1 Å². The van der Waals surface area contributed by atoms with E-state index < -0.39 is 5.97 Å². The molecule has 1 heterocycles. The van der Waals surface area contributed by atoms with E-state index >= 15 is 0 Å². The molecule has 0 saturated heterocycles. The summed E-state index contributed by atoms with van der Waals surface area (Å²) >= 11 is 0. The number of carbonyl (C=O) groups is 2. The first kappa shape index (κ1) is 13.4. The Balaban J connectivity index is 1.84. The topological polar surface area (TPSA) is 79.5 Å². The van der Waals surface area contributed by atoms with Gasteiger partial charge in [-0.3, -0.25) is 4.79 Å². The molecule has 0 saturated carbocycles. The van der Waals surface area contributed by atoms with Crippen molar-refractivity contribution in [1.29, 1.82) is 0 Å². The van der Waals surface area contributed by atoms with Gasteiger partial charge in [-0.25, -0.2) is 4.79 Å². The highest BCUT2D eigenvalue weighted by Crippen LogP contribution is 2.20. The summed E-state index contributed by atoms with van der Waals surface area (Å²) in [6, 6.07) is 1.45. The number of hydrogen-bond donors (Lipinski definition) is 2. The van der Waals surface area contributed by atoms with Gasteiger partial charge in [-0.2, -0.15) is 0 Å². The van der Waals surface area contributed by atoms with Crippen molar-refractivity contribution in [3.05, 3.63) is 35.3 Å². The molecule has 2 N–H and O–H groups in total. The number of amides is 1. The van der Waals surface area contributed by atoms with Crippen molar-refractivity contribution >= 4 is 11.9 Å². The quantitative estimate of drug-likeness (QED) is 0.798. The molecule has 5 heteroatoms. The fourth-order valence-corrected chi connectivity index (χ4v) is 2.20. The lowest BCUT2D eigenvalue weighted by Gasteiger charge is -2.07. The van der Waals surface area contributed by atoms with Gasteiger partial charge in [0, 0.05) is 6.42 Å². The fraction of sp³-hybridized carbons (Fsp3) is 0.429. The standard InChI is InChI=1S/C14H17NO4/c1-9-12(14(17)18)7-11(19-9)8-15-13(16)6-10-4-2-3-5-10/h2,4,7,10H,3,5-6,8H2,1H3,(H,15,16)(H,17,18). The van der Waals surface area contributed by atoms with E-state index in [0.717, 1.165) is 12.8 Å². The predicted molar refractivity (Wildman–Crippen MR) is 68.7 cm³/mol. The molecule has 0 bridgehead atoms. The van der Waals surface area contributed by atoms with Gasteiger partial charge in [-0.05, 0) is 31.7 Å². The Labute approximate surface area is 111 Å². The first-order chi connectivity index (χ1) is 9.06. The maximum atomic E-state index is 11.7. The zero-order chi connectivity index (χ0) is 13.8. The van der Waals surface area contributed by atoms with Gasteiger partial charge in [0.2, 0.25) is 5.91 Å². The second kappa shape index (κ2) is 5.73. The molecule has 0 aromatic carbocycles. The van der Waals surface area contributed by atoms with E-state index in [1.807, 2.05) is 0 Å². The number of aromatic carboxylic acids is 1. The van der Waals surface area contributed by atoms with Crippen molar-refractivity contribution in [1.82, 2.24) is 5.32 Å². The minimum Gasteiger partial charge on any atom is -0.478 e. The number of rotatable bonds is 5. The molecule has 0 aliphatic heterocycles. The van der Waals surface area contributed by atoms with Crippen molar-refractivity contribution in [2.75, 3.05) is 0 Å². The number of furan rings is 1. The van der Waals surface area contributed by atoms with E-state index in [2.05, 4.69) is 17.5 Å². The lowest BCUT2D eigenvalue weighted by molar-refractivity contribution is -0.121. The zero-order valence-corrected chi connectivity index (χ0v) is 10.8. The molecule has 102 valence electrons. The highest BCUT2D eigenvalue weighted by molar-refractivity contribution is 5.88. The summed E-state index contributed by atoms with van der Waals surface area (Å²) in [7, 11) is 0. The average Bonchev–Trinajstić information content (AvgIpc) is 2.96.